The number of hydrogen-bond acceptors (Lipinski definition) is 7. The molecule has 0 aliphatic rings. The molecule has 0 unspecified atom stereocenters. The summed E-state index contributed by atoms with van der Waals surface area (Å²) in [6, 6.07) is -1.16. The van der Waals surface area contributed by atoms with Gasteiger partial charge in [0.05, 0.1) is 6.42 Å². The molecule has 0 bridgehead atoms. The third-order valence-corrected chi connectivity index (χ3v) is 0.738. The van der Waals surface area contributed by atoms with Crippen LogP contribution in [0.5, 0.6) is 0 Å². The second kappa shape index (κ2) is 18.0. The number of nitrogens with two attached hydrogens (primary N) is 2. The van der Waals surface area contributed by atoms with Gasteiger partial charge in [0.1, 0.15) is 6.04 Å². The minimum absolute atomic E-state index is 0. The quantitative estimate of drug-likeness (QED) is 0.331. The van der Waals surface area contributed by atoms with E-state index in [0.717, 1.165) is 0 Å². The molecule has 1 atom stereocenters. The molecule has 0 fully saturated rings. The zero-order valence-electron chi connectivity index (χ0n) is 9.78. The molecule has 13 heteroatoms. The Hall–Kier alpha value is 3.92. The van der Waals surface area contributed by atoms with E-state index >= 15 is 0 Å². The summed E-state index contributed by atoms with van der Waals surface area (Å²) in [7, 11) is -5.39. The van der Waals surface area contributed by atoms with Crippen LogP contribution >= 0.6 is 7.82 Å². The number of hydrogen-bond donors (Lipinski definition) is 3. The molecular formula is C4H8K3N2O7P. The largest absolute Gasteiger partial charge is 1.00 e. The Balaban J connectivity index is -0.0000000533. The molecule has 0 rings (SSSR count). The first-order valence-corrected chi connectivity index (χ1v) is 4.50. The first kappa shape index (κ1) is 32.8. The third-order valence-electron chi connectivity index (χ3n) is 0.738. The van der Waals surface area contributed by atoms with Crippen LogP contribution < -0.4 is 180 Å². The fourth-order valence-electron chi connectivity index (χ4n) is 0.304. The molecule has 0 saturated heterocycles. The number of carboxylic acid groups (broad SMARTS) is 1. The number of rotatable bonds is 3. The molecule has 0 aromatic carbocycles. The SMILES string of the molecule is NC(=O)C[C@H](N)C(=O)O.O=P([O-])([O-])[O-].[K+].[K+].[K+]. The Morgan fingerprint density at radius 3 is 1.47 bits per heavy atom. The van der Waals surface area contributed by atoms with Gasteiger partial charge in [-0.25, -0.2) is 0 Å². The van der Waals surface area contributed by atoms with Crippen molar-refractivity contribution in [3.05, 3.63) is 0 Å². The second-order valence-electron chi connectivity index (χ2n) is 2.06. The van der Waals surface area contributed by atoms with Gasteiger partial charge in [-0.15, -0.1) is 0 Å². The van der Waals surface area contributed by atoms with Crippen molar-refractivity contribution >= 4 is 19.7 Å². The van der Waals surface area contributed by atoms with Crippen LogP contribution in [0.3, 0.4) is 0 Å². The molecule has 0 aliphatic carbocycles. The zero-order valence-corrected chi connectivity index (χ0v) is 20.0. The number of carbonyl (C=O) groups is 2. The van der Waals surface area contributed by atoms with Crippen LogP contribution in [-0.2, 0) is 14.2 Å². The molecule has 0 spiro atoms. The molecule has 0 saturated carbocycles. The molecule has 84 valence electrons. The number of phosphoric acid groups is 1. The van der Waals surface area contributed by atoms with E-state index in [9.17, 15) is 9.59 Å². The summed E-state index contributed by atoms with van der Waals surface area (Å²) in [6.07, 6.45) is -0.310. The number of carboxylic acids is 1. The molecule has 0 aromatic rings. The molecule has 0 aromatic heterocycles. The van der Waals surface area contributed by atoms with Gasteiger partial charge in [-0.1, -0.05) is 0 Å². The zero-order chi connectivity index (χ0) is 11.9. The van der Waals surface area contributed by atoms with E-state index in [1.807, 2.05) is 0 Å². The average Bonchev–Trinajstić information content (AvgIpc) is 1.80. The summed E-state index contributed by atoms with van der Waals surface area (Å²) in [5.74, 6) is -1.92. The van der Waals surface area contributed by atoms with Gasteiger partial charge in [0.15, 0.2) is 0 Å². The van der Waals surface area contributed by atoms with Crippen molar-refractivity contribution in [3.8, 4) is 0 Å². The number of aliphatic carboxylic acids is 1. The van der Waals surface area contributed by atoms with Gasteiger partial charge in [0, 0.05) is 0 Å². The fourth-order valence-corrected chi connectivity index (χ4v) is 0.304. The number of primary amides is 1. The van der Waals surface area contributed by atoms with E-state index in [1.54, 1.807) is 0 Å². The number of amides is 1. The maximum Gasteiger partial charge on any atom is 1.00 e. The standard InChI is InChI=1S/C4H8N2O3.3K.H3O4P/c5-2(4(8)9)1-3(6)7;;;;1-5(2,3)4/h2H,1,5H2,(H2,6,7)(H,8,9);;;;(H3,1,2,3,4)/q;3*+1;/p-3/t2-;;;;/m0..../s1. The van der Waals surface area contributed by atoms with Gasteiger partial charge in [0.25, 0.3) is 0 Å². The topological polar surface area (TPSA) is 193 Å². The van der Waals surface area contributed by atoms with E-state index < -0.39 is 25.7 Å². The summed E-state index contributed by atoms with van der Waals surface area (Å²) < 4.78 is 8.55. The monoisotopic (exact) mass is 344 g/mol. The number of carbonyl (C=O) groups excluding carboxylic acids is 1. The summed E-state index contributed by atoms with van der Waals surface area (Å²) in [5.41, 5.74) is 9.57. The Morgan fingerprint density at radius 1 is 1.18 bits per heavy atom. The Bertz CT molecular complexity index is 251. The van der Waals surface area contributed by atoms with Crippen LogP contribution in [0.4, 0.5) is 0 Å². The Labute approximate surface area is 225 Å². The molecule has 0 radical (unpaired) electrons. The van der Waals surface area contributed by atoms with Gasteiger partial charge >= 0.3 is 160 Å². The van der Waals surface area contributed by atoms with Crippen molar-refractivity contribution in [1.29, 1.82) is 0 Å². The van der Waals surface area contributed by atoms with Gasteiger partial charge in [-0.2, -0.15) is 7.82 Å². The first-order chi connectivity index (χ1) is 6.04. The fraction of sp³-hybridized carbons (Fsp3) is 0.500. The predicted octanol–water partition coefficient (Wildman–Crippen LogP) is -13.5. The molecule has 0 heterocycles. The van der Waals surface area contributed by atoms with Crippen molar-refractivity contribution < 1.29 is 188 Å². The van der Waals surface area contributed by atoms with E-state index in [0.29, 0.717) is 0 Å². The van der Waals surface area contributed by atoms with Gasteiger partial charge in [-0.05, 0) is 0 Å². The minimum Gasteiger partial charge on any atom is -0.822 e. The maximum atomic E-state index is 9.99. The van der Waals surface area contributed by atoms with Gasteiger partial charge in [-0.3, -0.25) is 9.59 Å². The van der Waals surface area contributed by atoms with Gasteiger partial charge in [0.2, 0.25) is 5.91 Å². The van der Waals surface area contributed by atoms with Crippen LogP contribution in [0, 0.1) is 0 Å². The molecule has 17 heavy (non-hydrogen) atoms. The minimum atomic E-state index is -5.39. The predicted molar refractivity (Wildman–Crippen MR) is 37.0 cm³/mol. The Morgan fingerprint density at radius 2 is 1.41 bits per heavy atom. The molecule has 1 amide bonds. The summed E-state index contributed by atoms with van der Waals surface area (Å²) in [6.45, 7) is 0. The van der Waals surface area contributed by atoms with Crippen LogP contribution in [0.15, 0.2) is 0 Å². The van der Waals surface area contributed by atoms with Crippen molar-refractivity contribution in [1.82, 2.24) is 0 Å². The van der Waals surface area contributed by atoms with E-state index in [2.05, 4.69) is 5.73 Å². The maximum absolute atomic E-state index is 9.99. The van der Waals surface area contributed by atoms with Gasteiger partial charge < -0.3 is 35.8 Å². The first-order valence-electron chi connectivity index (χ1n) is 3.03. The van der Waals surface area contributed by atoms with E-state index in [1.165, 1.54) is 0 Å². The van der Waals surface area contributed by atoms with Crippen molar-refractivity contribution in [3.63, 3.8) is 0 Å². The van der Waals surface area contributed by atoms with Crippen molar-refractivity contribution in [2.75, 3.05) is 0 Å². The normalized spacial score (nSPS) is 10.1. The van der Waals surface area contributed by atoms with Crippen molar-refractivity contribution in [2.24, 2.45) is 11.5 Å². The van der Waals surface area contributed by atoms with E-state index in [4.69, 9.17) is 30.1 Å². The molecular weight excluding hydrogens is 336 g/mol. The van der Waals surface area contributed by atoms with Crippen LogP contribution in [0.25, 0.3) is 0 Å². The summed E-state index contributed by atoms with van der Waals surface area (Å²) in [4.78, 5) is 45.5. The molecule has 5 N–H and O–H groups in total. The average molecular weight is 344 g/mol. The summed E-state index contributed by atoms with van der Waals surface area (Å²) in [5, 5.41) is 8.10. The third kappa shape index (κ3) is 45.0. The van der Waals surface area contributed by atoms with E-state index in [-0.39, 0.29) is 161 Å². The van der Waals surface area contributed by atoms with Crippen LogP contribution in [-0.4, -0.2) is 23.0 Å². The molecule has 9 nitrogen and oxygen atoms in total. The van der Waals surface area contributed by atoms with Crippen LogP contribution in [0.2, 0.25) is 0 Å². The smallest absolute Gasteiger partial charge is 0.822 e. The molecule has 0 aliphatic heterocycles. The van der Waals surface area contributed by atoms with Crippen LogP contribution in [0.1, 0.15) is 6.42 Å². The second-order valence-corrected chi connectivity index (χ2v) is 2.96. The van der Waals surface area contributed by atoms with Crippen molar-refractivity contribution in [2.45, 2.75) is 12.5 Å². The Kier molecular flexibility index (Phi) is 34.6. The summed E-state index contributed by atoms with van der Waals surface area (Å²) >= 11 is 0.